The molecule has 1 nitrogen and oxygen atoms in total. The summed E-state index contributed by atoms with van der Waals surface area (Å²) in [5, 5.41) is 0. The summed E-state index contributed by atoms with van der Waals surface area (Å²) in [4.78, 5) is 0. The van der Waals surface area contributed by atoms with E-state index in [1.165, 1.54) is 18.6 Å². The normalized spacial score (nSPS) is 23.6. The first-order valence-electron chi connectivity index (χ1n) is 5.58. The Morgan fingerprint density at radius 2 is 1.71 bits per heavy atom. The summed E-state index contributed by atoms with van der Waals surface area (Å²) in [6, 6.07) is 0. The number of allylic oxidation sites excluding steroid dienone is 2. The summed E-state index contributed by atoms with van der Waals surface area (Å²) in [5.41, 5.74) is 0.842. The van der Waals surface area contributed by atoms with E-state index in [1.54, 1.807) is 0 Å². The summed E-state index contributed by atoms with van der Waals surface area (Å²) in [7, 11) is -2.35. The second-order valence-electron chi connectivity index (χ2n) is 6.36. The lowest BCUT2D eigenvalue weighted by Gasteiger charge is -2.22. The molecule has 0 aliphatic heterocycles. The van der Waals surface area contributed by atoms with Crippen LogP contribution in [0.5, 0.6) is 0 Å². The van der Waals surface area contributed by atoms with Crippen molar-refractivity contribution >= 4 is 16.4 Å². The van der Waals surface area contributed by atoms with E-state index in [0.29, 0.717) is 0 Å². The minimum atomic E-state index is -1.36. The molecule has 0 bridgehead atoms. The molecule has 1 unspecified atom stereocenters. The lowest BCUT2D eigenvalue weighted by molar-refractivity contribution is 0.408. The topological polar surface area (TPSA) is 9.23 Å². The Morgan fingerprint density at radius 1 is 1.14 bits per heavy atom. The Labute approximate surface area is 90.7 Å². The van der Waals surface area contributed by atoms with Gasteiger partial charge in [-0.05, 0) is 37.7 Å². The molecule has 0 saturated heterocycles. The highest BCUT2D eigenvalue weighted by Crippen LogP contribution is 2.37. The molecule has 82 valence electrons. The standard InChI is InChI=1S/C11H24OSi2/c1-13(2,3)11-8-7-10(9-11)12-14(4,5)6/h9,11H,7-8H2,1-6H3. The maximum absolute atomic E-state index is 6.05. The molecular formula is C11H24OSi2. The van der Waals surface area contributed by atoms with Gasteiger partial charge in [-0.1, -0.05) is 19.6 Å². The molecule has 14 heavy (non-hydrogen) atoms. The minimum Gasteiger partial charge on any atom is -0.548 e. The van der Waals surface area contributed by atoms with Gasteiger partial charge in [-0.2, -0.15) is 0 Å². The minimum absolute atomic E-state index is 0.842. The molecule has 0 aromatic heterocycles. The van der Waals surface area contributed by atoms with Crippen molar-refractivity contribution in [3.05, 3.63) is 11.8 Å². The van der Waals surface area contributed by atoms with Crippen LogP contribution in [-0.2, 0) is 4.43 Å². The summed E-state index contributed by atoms with van der Waals surface area (Å²) >= 11 is 0. The molecule has 0 amide bonds. The average molecular weight is 228 g/mol. The van der Waals surface area contributed by atoms with Crippen LogP contribution in [0, 0.1) is 0 Å². The fraction of sp³-hybridized carbons (Fsp3) is 0.818. The number of hydrogen-bond donors (Lipinski definition) is 0. The van der Waals surface area contributed by atoms with E-state index < -0.39 is 16.4 Å². The Balaban J connectivity index is 2.60. The highest BCUT2D eigenvalue weighted by Gasteiger charge is 2.30. The van der Waals surface area contributed by atoms with Crippen molar-refractivity contribution in [3.8, 4) is 0 Å². The zero-order valence-corrected chi connectivity index (χ0v) is 12.5. The molecule has 0 fully saturated rings. The second kappa shape index (κ2) is 3.85. The maximum Gasteiger partial charge on any atom is 0.241 e. The molecule has 3 heteroatoms. The van der Waals surface area contributed by atoms with Crippen molar-refractivity contribution in [3.63, 3.8) is 0 Å². The first-order chi connectivity index (χ1) is 6.18. The van der Waals surface area contributed by atoms with E-state index in [1.807, 2.05) is 0 Å². The summed E-state index contributed by atoms with van der Waals surface area (Å²) in [6.07, 6.45) is 4.93. The Hall–Kier alpha value is -0.0262. The lowest BCUT2D eigenvalue weighted by Crippen LogP contribution is -2.25. The highest BCUT2D eigenvalue weighted by atomic mass is 28.4. The molecular weight excluding hydrogens is 204 g/mol. The third-order valence-corrected chi connectivity index (χ3v) is 6.19. The van der Waals surface area contributed by atoms with E-state index in [0.717, 1.165) is 5.54 Å². The molecule has 1 atom stereocenters. The average Bonchev–Trinajstić information content (AvgIpc) is 2.29. The molecule has 0 heterocycles. The SMILES string of the molecule is C[Si](C)(C)OC1=CC([Si](C)(C)C)CC1. The summed E-state index contributed by atoms with van der Waals surface area (Å²) in [5.74, 6) is 1.29. The van der Waals surface area contributed by atoms with Crippen LogP contribution in [0.4, 0.5) is 0 Å². The smallest absolute Gasteiger partial charge is 0.241 e. The van der Waals surface area contributed by atoms with Gasteiger partial charge in [-0.15, -0.1) is 0 Å². The van der Waals surface area contributed by atoms with Crippen molar-refractivity contribution in [2.24, 2.45) is 0 Å². The first kappa shape index (κ1) is 12.0. The summed E-state index contributed by atoms with van der Waals surface area (Å²) in [6.45, 7) is 14.1. The Bertz CT molecular complexity index is 233. The predicted molar refractivity (Wildman–Crippen MR) is 68.8 cm³/mol. The zero-order chi connectivity index (χ0) is 11.0. The quantitative estimate of drug-likeness (QED) is 0.657. The van der Waals surface area contributed by atoms with Crippen molar-refractivity contribution in [2.75, 3.05) is 0 Å². The van der Waals surface area contributed by atoms with Gasteiger partial charge in [0.15, 0.2) is 0 Å². The van der Waals surface area contributed by atoms with Crippen LogP contribution >= 0.6 is 0 Å². The van der Waals surface area contributed by atoms with Gasteiger partial charge < -0.3 is 4.43 Å². The van der Waals surface area contributed by atoms with E-state index in [2.05, 4.69) is 45.4 Å². The van der Waals surface area contributed by atoms with Gasteiger partial charge in [-0.25, -0.2) is 0 Å². The van der Waals surface area contributed by atoms with Gasteiger partial charge >= 0.3 is 0 Å². The third kappa shape index (κ3) is 3.61. The van der Waals surface area contributed by atoms with Crippen LogP contribution in [0.3, 0.4) is 0 Å². The van der Waals surface area contributed by atoms with E-state index in [-0.39, 0.29) is 0 Å². The molecule has 1 rings (SSSR count). The van der Waals surface area contributed by atoms with E-state index in [9.17, 15) is 0 Å². The van der Waals surface area contributed by atoms with Crippen LogP contribution in [0.15, 0.2) is 11.8 Å². The van der Waals surface area contributed by atoms with Crippen molar-refractivity contribution in [1.29, 1.82) is 0 Å². The molecule has 0 aromatic carbocycles. The van der Waals surface area contributed by atoms with Crippen LogP contribution in [0.25, 0.3) is 0 Å². The van der Waals surface area contributed by atoms with Crippen LogP contribution in [0.2, 0.25) is 44.8 Å². The van der Waals surface area contributed by atoms with Crippen LogP contribution in [0.1, 0.15) is 12.8 Å². The fourth-order valence-corrected chi connectivity index (χ4v) is 4.50. The van der Waals surface area contributed by atoms with Crippen molar-refractivity contribution < 1.29 is 4.43 Å². The molecule has 0 N–H and O–H groups in total. The van der Waals surface area contributed by atoms with Crippen molar-refractivity contribution in [2.45, 2.75) is 57.7 Å². The van der Waals surface area contributed by atoms with E-state index in [4.69, 9.17) is 4.43 Å². The summed E-state index contributed by atoms with van der Waals surface area (Å²) < 4.78 is 6.05. The highest BCUT2D eigenvalue weighted by molar-refractivity contribution is 6.78. The van der Waals surface area contributed by atoms with E-state index >= 15 is 0 Å². The predicted octanol–water partition coefficient (Wildman–Crippen LogP) is 4.22. The zero-order valence-electron chi connectivity index (χ0n) is 10.5. The molecule has 0 radical (unpaired) electrons. The largest absolute Gasteiger partial charge is 0.548 e. The van der Waals surface area contributed by atoms with Gasteiger partial charge in [0.2, 0.25) is 8.32 Å². The molecule has 0 saturated carbocycles. The lowest BCUT2D eigenvalue weighted by atomic mass is 10.3. The molecule has 0 aromatic rings. The van der Waals surface area contributed by atoms with Crippen molar-refractivity contribution in [1.82, 2.24) is 0 Å². The van der Waals surface area contributed by atoms with Gasteiger partial charge in [0.25, 0.3) is 0 Å². The fourth-order valence-electron chi connectivity index (χ4n) is 1.85. The monoisotopic (exact) mass is 228 g/mol. The van der Waals surface area contributed by atoms with Gasteiger partial charge in [0, 0.05) is 6.42 Å². The molecule has 0 spiro atoms. The van der Waals surface area contributed by atoms with Gasteiger partial charge in [0.05, 0.1) is 13.8 Å². The number of hydrogen-bond acceptors (Lipinski definition) is 1. The third-order valence-electron chi connectivity index (χ3n) is 2.64. The maximum atomic E-state index is 6.05. The Kier molecular flexibility index (Phi) is 3.31. The van der Waals surface area contributed by atoms with Crippen LogP contribution in [-0.4, -0.2) is 16.4 Å². The molecule has 1 aliphatic rings. The first-order valence-corrected chi connectivity index (χ1v) is 12.6. The van der Waals surface area contributed by atoms with Gasteiger partial charge in [0.1, 0.15) is 0 Å². The second-order valence-corrected chi connectivity index (χ2v) is 16.3. The Morgan fingerprint density at radius 3 is 2.07 bits per heavy atom. The van der Waals surface area contributed by atoms with Crippen LogP contribution < -0.4 is 0 Å². The number of rotatable bonds is 3. The molecule has 1 aliphatic carbocycles. The van der Waals surface area contributed by atoms with Gasteiger partial charge in [-0.3, -0.25) is 0 Å².